The van der Waals surface area contributed by atoms with Gasteiger partial charge in [0.15, 0.2) is 0 Å². The Morgan fingerprint density at radius 2 is 1.52 bits per heavy atom. The standard InChI is InChI=1S/C14H15ClF6N2/c15-4-5-22-6-8-23(9-7-22)11-3-1-2-10(13(16,17)18)12(11)14(19,20)21/h1-3H,4-9H2. The van der Waals surface area contributed by atoms with E-state index in [1.165, 1.54) is 4.90 Å². The topological polar surface area (TPSA) is 6.48 Å². The molecule has 1 fully saturated rings. The molecule has 0 radical (unpaired) electrons. The maximum absolute atomic E-state index is 13.2. The van der Waals surface area contributed by atoms with E-state index in [1.54, 1.807) is 0 Å². The van der Waals surface area contributed by atoms with Gasteiger partial charge in [-0.3, -0.25) is 4.90 Å². The maximum atomic E-state index is 13.2. The Bertz CT molecular complexity index is 535. The lowest BCUT2D eigenvalue weighted by molar-refractivity contribution is -0.161. The molecule has 1 aliphatic rings. The van der Waals surface area contributed by atoms with E-state index in [-0.39, 0.29) is 13.1 Å². The molecule has 9 heteroatoms. The normalized spacial score (nSPS) is 17.6. The summed E-state index contributed by atoms with van der Waals surface area (Å²) in [7, 11) is 0. The van der Waals surface area contributed by atoms with Crippen molar-refractivity contribution in [3.63, 3.8) is 0 Å². The van der Waals surface area contributed by atoms with Crippen LogP contribution in [-0.2, 0) is 12.4 Å². The van der Waals surface area contributed by atoms with Crippen molar-refractivity contribution in [2.75, 3.05) is 43.5 Å². The van der Waals surface area contributed by atoms with Crippen molar-refractivity contribution in [2.24, 2.45) is 0 Å². The Kier molecular flexibility index (Phi) is 5.35. The first kappa shape index (κ1) is 18.2. The third-order valence-electron chi connectivity index (χ3n) is 3.75. The van der Waals surface area contributed by atoms with Crippen LogP contribution in [0.1, 0.15) is 11.1 Å². The largest absolute Gasteiger partial charge is 0.418 e. The summed E-state index contributed by atoms with van der Waals surface area (Å²) in [5.74, 6) is 0.400. The number of rotatable bonds is 3. The zero-order chi connectivity index (χ0) is 17.3. The molecule has 23 heavy (non-hydrogen) atoms. The van der Waals surface area contributed by atoms with Gasteiger partial charge < -0.3 is 4.90 Å². The summed E-state index contributed by atoms with van der Waals surface area (Å²) in [5, 5.41) is 0. The predicted molar refractivity (Wildman–Crippen MR) is 75.8 cm³/mol. The molecule has 0 amide bonds. The third-order valence-corrected chi connectivity index (χ3v) is 3.91. The van der Waals surface area contributed by atoms with Crippen LogP contribution >= 0.6 is 11.6 Å². The summed E-state index contributed by atoms with van der Waals surface area (Å²) in [4.78, 5) is 3.31. The van der Waals surface area contributed by atoms with Gasteiger partial charge >= 0.3 is 12.4 Å². The van der Waals surface area contributed by atoms with Gasteiger partial charge in [0, 0.05) is 44.3 Å². The van der Waals surface area contributed by atoms with E-state index >= 15 is 0 Å². The zero-order valence-corrected chi connectivity index (χ0v) is 12.8. The van der Waals surface area contributed by atoms with E-state index in [4.69, 9.17) is 11.6 Å². The molecule has 0 saturated carbocycles. The molecule has 0 atom stereocenters. The molecule has 1 saturated heterocycles. The van der Waals surface area contributed by atoms with Crippen LogP contribution in [0, 0.1) is 0 Å². The number of halogens is 7. The van der Waals surface area contributed by atoms with Gasteiger partial charge in [-0.05, 0) is 12.1 Å². The van der Waals surface area contributed by atoms with Gasteiger partial charge in [0.2, 0.25) is 0 Å². The first-order valence-electron chi connectivity index (χ1n) is 6.95. The molecule has 0 N–H and O–H groups in total. The predicted octanol–water partition coefficient (Wildman–Crippen LogP) is 4.09. The maximum Gasteiger partial charge on any atom is 0.418 e. The fourth-order valence-corrected chi connectivity index (χ4v) is 2.91. The fourth-order valence-electron chi connectivity index (χ4n) is 2.67. The molecule has 0 aromatic heterocycles. The van der Waals surface area contributed by atoms with Crippen LogP contribution in [0.25, 0.3) is 0 Å². The summed E-state index contributed by atoms with van der Waals surface area (Å²) in [6.07, 6.45) is -10.1. The number of hydrogen-bond donors (Lipinski definition) is 0. The molecule has 0 bridgehead atoms. The molecule has 130 valence electrons. The highest BCUT2D eigenvalue weighted by Crippen LogP contribution is 2.45. The van der Waals surface area contributed by atoms with Crippen LogP contribution in [0.15, 0.2) is 18.2 Å². The number of hydrogen-bond acceptors (Lipinski definition) is 2. The van der Waals surface area contributed by atoms with Gasteiger partial charge in [0.25, 0.3) is 0 Å². The Hall–Kier alpha value is -1.15. The van der Waals surface area contributed by atoms with Crippen LogP contribution < -0.4 is 4.90 Å². The second kappa shape index (κ2) is 6.76. The van der Waals surface area contributed by atoms with Crippen LogP contribution in [0.2, 0.25) is 0 Å². The summed E-state index contributed by atoms with van der Waals surface area (Å²) in [6.45, 7) is 1.97. The van der Waals surface area contributed by atoms with Gasteiger partial charge in [0.05, 0.1) is 11.1 Å². The lowest BCUT2D eigenvalue weighted by Crippen LogP contribution is -2.47. The van der Waals surface area contributed by atoms with Crippen molar-refractivity contribution < 1.29 is 26.3 Å². The van der Waals surface area contributed by atoms with Crippen molar-refractivity contribution in [2.45, 2.75) is 12.4 Å². The van der Waals surface area contributed by atoms with Crippen LogP contribution in [0.3, 0.4) is 0 Å². The van der Waals surface area contributed by atoms with E-state index in [0.717, 1.165) is 12.1 Å². The number of alkyl halides is 7. The summed E-state index contributed by atoms with van der Waals surface area (Å²) < 4.78 is 78.6. The van der Waals surface area contributed by atoms with Crippen molar-refractivity contribution in [1.29, 1.82) is 0 Å². The van der Waals surface area contributed by atoms with E-state index in [2.05, 4.69) is 0 Å². The summed E-state index contributed by atoms with van der Waals surface area (Å²) in [5.41, 5.74) is -3.68. The number of nitrogens with zero attached hydrogens (tertiary/aromatic N) is 2. The molecule has 0 unspecified atom stereocenters. The van der Waals surface area contributed by atoms with E-state index in [0.29, 0.717) is 31.6 Å². The minimum atomic E-state index is -5.07. The average molecular weight is 361 g/mol. The second-order valence-electron chi connectivity index (χ2n) is 5.21. The monoisotopic (exact) mass is 360 g/mol. The Morgan fingerprint density at radius 1 is 0.913 bits per heavy atom. The average Bonchev–Trinajstić information content (AvgIpc) is 2.46. The van der Waals surface area contributed by atoms with E-state index < -0.39 is 29.2 Å². The first-order chi connectivity index (χ1) is 10.6. The summed E-state index contributed by atoms with van der Waals surface area (Å²) in [6, 6.07) is 2.57. The number of anilines is 1. The zero-order valence-electron chi connectivity index (χ0n) is 12.0. The van der Waals surface area contributed by atoms with Crippen molar-refractivity contribution >= 4 is 17.3 Å². The molecule has 1 aromatic carbocycles. The highest BCUT2D eigenvalue weighted by molar-refractivity contribution is 6.18. The van der Waals surface area contributed by atoms with Gasteiger partial charge in [-0.15, -0.1) is 11.6 Å². The highest BCUT2D eigenvalue weighted by Gasteiger charge is 2.45. The highest BCUT2D eigenvalue weighted by atomic mass is 35.5. The Morgan fingerprint density at radius 3 is 2.00 bits per heavy atom. The lowest BCUT2D eigenvalue weighted by atomic mass is 10.0. The molecular formula is C14H15ClF6N2. The van der Waals surface area contributed by atoms with E-state index in [9.17, 15) is 26.3 Å². The molecule has 1 aliphatic heterocycles. The molecule has 0 spiro atoms. The van der Waals surface area contributed by atoms with Crippen molar-refractivity contribution in [3.8, 4) is 0 Å². The molecular weight excluding hydrogens is 346 g/mol. The molecule has 1 heterocycles. The lowest BCUT2D eigenvalue weighted by Gasteiger charge is -2.37. The molecule has 2 rings (SSSR count). The van der Waals surface area contributed by atoms with Crippen LogP contribution in [0.5, 0.6) is 0 Å². The Labute approximate surface area is 134 Å². The van der Waals surface area contributed by atoms with Crippen LogP contribution in [-0.4, -0.2) is 43.5 Å². The third kappa shape index (κ3) is 4.23. The SMILES string of the molecule is FC(F)(F)c1cccc(N2CCN(CCCl)CC2)c1C(F)(F)F. The van der Waals surface area contributed by atoms with Gasteiger partial charge in [-0.1, -0.05) is 6.07 Å². The smallest absolute Gasteiger partial charge is 0.368 e. The minimum absolute atomic E-state index is 0.223. The fraction of sp³-hybridized carbons (Fsp3) is 0.571. The quantitative estimate of drug-likeness (QED) is 0.592. The van der Waals surface area contributed by atoms with E-state index in [1.807, 2.05) is 4.90 Å². The minimum Gasteiger partial charge on any atom is -0.368 e. The van der Waals surface area contributed by atoms with Crippen LogP contribution in [0.4, 0.5) is 32.0 Å². The van der Waals surface area contributed by atoms with Crippen molar-refractivity contribution in [3.05, 3.63) is 29.3 Å². The second-order valence-corrected chi connectivity index (χ2v) is 5.59. The van der Waals surface area contributed by atoms with Gasteiger partial charge in [-0.25, -0.2) is 0 Å². The molecule has 2 nitrogen and oxygen atoms in total. The molecule has 0 aliphatic carbocycles. The van der Waals surface area contributed by atoms with Crippen molar-refractivity contribution in [1.82, 2.24) is 4.90 Å². The molecule has 1 aromatic rings. The van der Waals surface area contributed by atoms with Gasteiger partial charge in [-0.2, -0.15) is 26.3 Å². The Balaban J connectivity index is 2.36. The number of piperazine rings is 1. The first-order valence-corrected chi connectivity index (χ1v) is 7.48. The van der Waals surface area contributed by atoms with Gasteiger partial charge in [0.1, 0.15) is 0 Å². The summed E-state index contributed by atoms with van der Waals surface area (Å²) >= 11 is 5.62. The number of benzene rings is 1.